The van der Waals surface area contributed by atoms with E-state index in [0.29, 0.717) is 0 Å². The lowest BCUT2D eigenvalue weighted by Gasteiger charge is -2.34. The van der Waals surface area contributed by atoms with Crippen LogP contribution in [0.1, 0.15) is 22.3 Å². The van der Waals surface area contributed by atoms with Gasteiger partial charge in [-0.2, -0.15) is 16.8 Å². The Kier molecular flexibility index (Phi) is 7.41. The van der Waals surface area contributed by atoms with E-state index in [4.69, 9.17) is 8.37 Å². The number of hydrogen-bond acceptors (Lipinski definition) is 6. The summed E-state index contributed by atoms with van der Waals surface area (Å²) in [5, 5.41) is 0. The third kappa shape index (κ3) is 5.15. The van der Waals surface area contributed by atoms with Crippen LogP contribution in [0.4, 0.5) is 8.78 Å². The van der Waals surface area contributed by atoms with Gasteiger partial charge >= 0.3 is 20.2 Å². The van der Waals surface area contributed by atoms with Crippen LogP contribution in [0.25, 0.3) is 11.1 Å². The van der Waals surface area contributed by atoms with Crippen LogP contribution in [0.2, 0.25) is 0 Å². The Morgan fingerprint density at radius 2 is 0.766 bits per heavy atom. The van der Waals surface area contributed by atoms with Crippen LogP contribution < -0.4 is 8.37 Å². The van der Waals surface area contributed by atoms with Gasteiger partial charge in [0.2, 0.25) is 0 Å². The average Bonchev–Trinajstić information content (AvgIpc) is 3.37. The minimum atomic E-state index is -4.44. The molecular formula is C37H24F2O6S2. The second kappa shape index (κ2) is 11.5. The Hall–Kier alpha value is -5.32. The molecule has 0 amide bonds. The van der Waals surface area contributed by atoms with Gasteiger partial charge in [0.05, 0.1) is 5.41 Å². The molecule has 0 aliphatic heterocycles. The van der Waals surface area contributed by atoms with Gasteiger partial charge in [-0.05, 0) is 81.9 Å². The summed E-state index contributed by atoms with van der Waals surface area (Å²) in [7, 11) is -8.89. The lowest BCUT2D eigenvalue weighted by atomic mass is 9.68. The van der Waals surface area contributed by atoms with Crippen molar-refractivity contribution in [3.05, 3.63) is 179 Å². The number of fused-ring (bicyclic) bond motifs is 3. The first kappa shape index (κ1) is 30.3. The van der Waals surface area contributed by atoms with E-state index in [1.54, 1.807) is 24.3 Å². The first-order chi connectivity index (χ1) is 22.6. The topological polar surface area (TPSA) is 86.7 Å². The second-order valence-corrected chi connectivity index (χ2v) is 13.9. The molecule has 0 N–H and O–H groups in total. The molecule has 6 aromatic carbocycles. The lowest BCUT2D eigenvalue weighted by Crippen LogP contribution is -2.28. The third-order valence-corrected chi connectivity index (χ3v) is 10.7. The Labute approximate surface area is 270 Å². The fourth-order valence-corrected chi connectivity index (χ4v) is 8.20. The summed E-state index contributed by atoms with van der Waals surface area (Å²) in [5.74, 6) is -1.85. The molecule has 10 heteroatoms. The van der Waals surface area contributed by atoms with E-state index < -0.39 is 47.1 Å². The fourth-order valence-electron chi connectivity index (χ4n) is 6.18. The largest absolute Gasteiger partial charge is 0.379 e. The van der Waals surface area contributed by atoms with E-state index in [1.807, 2.05) is 48.5 Å². The molecule has 0 atom stereocenters. The molecule has 1 aliphatic carbocycles. The Balaban J connectivity index is 1.32. The van der Waals surface area contributed by atoms with Crippen LogP contribution >= 0.6 is 0 Å². The molecule has 0 heterocycles. The molecular weight excluding hydrogens is 643 g/mol. The zero-order valence-electron chi connectivity index (χ0n) is 24.4. The predicted octanol–water partition coefficient (Wildman–Crippen LogP) is 7.86. The van der Waals surface area contributed by atoms with Gasteiger partial charge in [0, 0.05) is 0 Å². The van der Waals surface area contributed by atoms with Crippen LogP contribution in [0.15, 0.2) is 155 Å². The molecule has 0 saturated heterocycles. The first-order valence-electron chi connectivity index (χ1n) is 14.4. The van der Waals surface area contributed by atoms with E-state index in [2.05, 4.69) is 0 Å². The van der Waals surface area contributed by atoms with Gasteiger partial charge in [-0.3, -0.25) is 0 Å². The van der Waals surface area contributed by atoms with Crippen molar-refractivity contribution in [2.45, 2.75) is 15.2 Å². The van der Waals surface area contributed by atoms with E-state index >= 15 is 0 Å². The molecule has 0 aromatic heterocycles. The summed E-state index contributed by atoms with van der Waals surface area (Å²) in [6.07, 6.45) is 0. The molecule has 6 aromatic rings. The maximum Gasteiger partial charge on any atom is 0.342 e. The highest BCUT2D eigenvalue weighted by Crippen LogP contribution is 2.56. The molecule has 0 radical (unpaired) electrons. The van der Waals surface area contributed by atoms with Crippen LogP contribution in [0.3, 0.4) is 0 Å². The van der Waals surface area contributed by atoms with Crippen molar-refractivity contribution in [2.75, 3.05) is 0 Å². The van der Waals surface area contributed by atoms with Gasteiger partial charge in [0.25, 0.3) is 0 Å². The highest BCUT2D eigenvalue weighted by atomic mass is 32.2. The zero-order valence-corrected chi connectivity index (χ0v) is 26.0. The predicted molar refractivity (Wildman–Crippen MR) is 172 cm³/mol. The van der Waals surface area contributed by atoms with Crippen molar-refractivity contribution in [1.82, 2.24) is 0 Å². The Morgan fingerprint density at radius 1 is 0.426 bits per heavy atom. The number of hydrogen-bond donors (Lipinski definition) is 0. The lowest BCUT2D eigenvalue weighted by molar-refractivity contribution is 0.474. The van der Waals surface area contributed by atoms with Crippen molar-refractivity contribution in [3.63, 3.8) is 0 Å². The van der Waals surface area contributed by atoms with E-state index in [9.17, 15) is 25.6 Å². The molecule has 0 bridgehead atoms. The fraction of sp³-hybridized carbons (Fsp3) is 0.0270. The SMILES string of the molecule is O=S(=O)(Oc1ccc(C2(c3ccc(OS(=O)(=O)c4ccccc4F)cc3)c3ccccc3-c3ccccc32)cc1)c1ccccc1F. The number of benzene rings is 6. The monoisotopic (exact) mass is 666 g/mol. The smallest absolute Gasteiger partial charge is 0.342 e. The molecule has 0 fully saturated rings. The van der Waals surface area contributed by atoms with Gasteiger partial charge in [0.1, 0.15) is 32.9 Å². The normalized spacial score (nSPS) is 13.4. The maximum atomic E-state index is 14.3. The minimum Gasteiger partial charge on any atom is -0.379 e. The molecule has 0 saturated carbocycles. The van der Waals surface area contributed by atoms with Crippen molar-refractivity contribution in [3.8, 4) is 22.6 Å². The van der Waals surface area contributed by atoms with E-state index in [1.165, 1.54) is 48.5 Å². The van der Waals surface area contributed by atoms with E-state index in [0.717, 1.165) is 57.6 Å². The molecule has 0 spiro atoms. The van der Waals surface area contributed by atoms with Crippen molar-refractivity contribution in [2.24, 2.45) is 0 Å². The molecule has 7 rings (SSSR count). The van der Waals surface area contributed by atoms with Crippen molar-refractivity contribution in [1.29, 1.82) is 0 Å². The van der Waals surface area contributed by atoms with Crippen LogP contribution in [-0.4, -0.2) is 16.8 Å². The molecule has 1 aliphatic rings. The Bertz CT molecular complexity index is 2190. The van der Waals surface area contributed by atoms with Crippen LogP contribution in [-0.2, 0) is 25.7 Å². The third-order valence-electron chi connectivity index (χ3n) is 8.15. The second-order valence-electron chi connectivity index (χ2n) is 10.8. The van der Waals surface area contributed by atoms with Gasteiger partial charge in [0.15, 0.2) is 0 Å². The quantitative estimate of drug-likeness (QED) is 0.154. The zero-order chi connectivity index (χ0) is 32.8. The number of rotatable bonds is 8. The standard InChI is InChI=1S/C37H24F2O6S2/c38-33-13-5-7-15-35(33)46(40,41)44-27-21-17-25(18-22-27)37(31-11-3-1-9-29(31)30-10-2-4-12-32(30)37)26-19-23-28(24-20-26)45-47(42,43)36-16-8-6-14-34(36)39/h1-24H. The summed E-state index contributed by atoms with van der Waals surface area (Å²) in [5.41, 5.74) is 4.49. The highest BCUT2D eigenvalue weighted by Gasteiger charge is 2.46. The van der Waals surface area contributed by atoms with Gasteiger partial charge in [-0.1, -0.05) is 97.1 Å². The molecule has 47 heavy (non-hydrogen) atoms. The molecule has 6 nitrogen and oxygen atoms in total. The minimum absolute atomic E-state index is 0.00572. The average molecular weight is 667 g/mol. The molecule has 234 valence electrons. The van der Waals surface area contributed by atoms with Gasteiger partial charge in [-0.15, -0.1) is 0 Å². The summed E-state index contributed by atoms with van der Waals surface area (Å²) < 4.78 is 90.7. The number of halogens is 2. The molecule has 0 unspecified atom stereocenters. The summed E-state index contributed by atoms with van der Waals surface area (Å²) in [6.45, 7) is 0. The highest BCUT2D eigenvalue weighted by molar-refractivity contribution is 7.87. The summed E-state index contributed by atoms with van der Waals surface area (Å²) in [4.78, 5) is -1.14. The maximum absolute atomic E-state index is 14.3. The first-order valence-corrected chi connectivity index (χ1v) is 17.2. The van der Waals surface area contributed by atoms with E-state index in [-0.39, 0.29) is 11.5 Å². The summed E-state index contributed by atoms with van der Waals surface area (Å²) >= 11 is 0. The summed E-state index contributed by atoms with van der Waals surface area (Å²) in [6, 6.07) is 38.8. The van der Waals surface area contributed by atoms with Gasteiger partial charge < -0.3 is 8.37 Å². The van der Waals surface area contributed by atoms with Gasteiger partial charge in [-0.25, -0.2) is 8.78 Å². The van der Waals surface area contributed by atoms with Crippen LogP contribution in [0, 0.1) is 11.6 Å². The van der Waals surface area contributed by atoms with Crippen LogP contribution in [0.5, 0.6) is 11.5 Å². The van der Waals surface area contributed by atoms with Crippen molar-refractivity contribution < 1.29 is 34.0 Å². The Morgan fingerprint density at radius 3 is 1.15 bits per heavy atom. The van der Waals surface area contributed by atoms with Crippen molar-refractivity contribution >= 4 is 20.2 Å².